The fourth-order valence-electron chi connectivity index (χ4n) is 7.18. The summed E-state index contributed by atoms with van der Waals surface area (Å²) < 4.78 is 39.2. The van der Waals surface area contributed by atoms with E-state index in [1.54, 1.807) is 65.8 Å². The minimum Gasteiger partial charge on any atom is -0.481 e. The molecule has 1 fully saturated rings. The number of carboxylic acid groups (broad SMARTS) is 2. The van der Waals surface area contributed by atoms with Crippen molar-refractivity contribution in [3.8, 4) is 0 Å². The van der Waals surface area contributed by atoms with Gasteiger partial charge in [0.25, 0.3) is 0 Å². The SMILES string of the molecule is Cc1ccccc1C[C@H](NC(=O)[C@H](CCC(=O)O)NC(=O)[C@H](CC(=O)O)NC(=O)CC1CCCCC1)C(=O)N[C@H](C(=O)N[C@@H](CC(C)C)C(=O)N[C@H](C=O)CC(F)(F)F)C(C)(C)C. The van der Waals surface area contributed by atoms with Crippen LogP contribution in [0, 0.1) is 24.2 Å². The second-order valence-electron chi connectivity index (χ2n) is 17.7. The molecule has 1 aliphatic carbocycles. The standard InChI is InChI=1S/C43H63F3N6O11/c1-24(2)18-30(38(60)47-28(23-53)22-43(44,45)46)51-41(63)36(42(4,5)6)52-40(62)31(20-27-15-11-10-12-25(27)3)50-37(59)29(16-17-34(55)56)49-39(61)32(21-35(57)58)48-33(54)19-26-13-8-7-9-14-26/h10-12,15,23-24,26,28-32,36H,7-9,13-14,16-22H2,1-6H3,(H,47,60)(H,48,54)(H,49,61)(H,50,59)(H,51,63)(H,52,62)(H,55,56)(H,57,58)/t28-,29-,30-,31-,32-,36+/m0/s1. The summed E-state index contributed by atoms with van der Waals surface area (Å²) in [6.07, 6.45) is -4.19. The molecule has 17 nitrogen and oxygen atoms in total. The van der Waals surface area contributed by atoms with Crippen LogP contribution in [0.15, 0.2) is 24.3 Å². The first kappa shape index (κ1) is 53.6. The minimum absolute atomic E-state index is 0.0513. The van der Waals surface area contributed by atoms with E-state index >= 15 is 0 Å². The average Bonchev–Trinajstić information content (AvgIpc) is 3.16. The summed E-state index contributed by atoms with van der Waals surface area (Å²) in [4.78, 5) is 117. The van der Waals surface area contributed by atoms with E-state index in [9.17, 15) is 66.5 Å². The second kappa shape index (κ2) is 24.9. The van der Waals surface area contributed by atoms with Gasteiger partial charge in [-0.2, -0.15) is 13.2 Å². The molecule has 8 N–H and O–H groups in total. The monoisotopic (exact) mass is 896 g/mol. The number of rotatable bonds is 24. The van der Waals surface area contributed by atoms with E-state index in [-0.39, 0.29) is 37.4 Å². The quantitative estimate of drug-likeness (QED) is 0.0700. The van der Waals surface area contributed by atoms with Gasteiger partial charge >= 0.3 is 18.1 Å². The summed E-state index contributed by atoms with van der Waals surface area (Å²) in [5, 5.41) is 33.5. The highest BCUT2D eigenvalue weighted by atomic mass is 19.4. The van der Waals surface area contributed by atoms with Crippen LogP contribution in [0.3, 0.4) is 0 Å². The topological polar surface area (TPSA) is 266 Å². The Kier molecular flexibility index (Phi) is 21.2. The lowest BCUT2D eigenvalue weighted by Gasteiger charge is -2.34. The van der Waals surface area contributed by atoms with E-state index < -0.39 is 121 Å². The molecule has 0 unspecified atom stereocenters. The third-order valence-corrected chi connectivity index (χ3v) is 10.5. The number of hydrogen-bond acceptors (Lipinski definition) is 9. The normalized spacial score (nSPS) is 16.2. The lowest BCUT2D eigenvalue weighted by atomic mass is 9.85. The predicted molar refractivity (Wildman–Crippen MR) is 222 cm³/mol. The Morgan fingerprint density at radius 3 is 1.83 bits per heavy atom. The number of carbonyl (C=O) groups is 9. The fraction of sp³-hybridized carbons (Fsp3) is 0.651. The van der Waals surface area contributed by atoms with Crippen molar-refractivity contribution in [2.45, 2.75) is 161 Å². The van der Waals surface area contributed by atoms with Gasteiger partial charge in [0.15, 0.2) is 0 Å². The molecule has 0 spiro atoms. The Hall–Kier alpha value is -5.56. The molecular formula is C43H63F3N6O11. The Morgan fingerprint density at radius 1 is 0.730 bits per heavy atom. The van der Waals surface area contributed by atoms with Crippen molar-refractivity contribution in [3.05, 3.63) is 35.4 Å². The van der Waals surface area contributed by atoms with Gasteiger partial charge in [-0.05, 0) is 61.0 Å². The lowest BCUT2D eigenvalue weighted by molar-refractivity contribution is -0.147. The van der Waals surface area contributed by atoms with Gasteiger partial charge in [0.05, 0.1) is 18.9 Å². The van der Waals surface area contributed by atoms with Crippen LogP contribution in [0.1, 0.15) is 116 Å². The van der Waals surface area contributed by atoms with Gasteiger partial charge in [-0.15, -0.1) is 0 Å². The third-order valence-electron chi connectivity index (χ3n) is 10.5. The Labute approximate surface area is 365 Å². The number of aldehydes is 1. The molecule has 0 heterocycles. The Bertz CT molecular complexity index is 1780. The van der Waals surface area contributed by atoms with Crippen LogP contribution in [0.4, 0.5) is 13.2 Å². The van der Waals surface area contributed by atoms with Crippen LogP contribution in [0.25, 0.3) is 0 Å². The minimum atomic E-state index is -4.78. The lowest BCUT2D eigenvalue weighted by Crippen LogP contribution is -2.62. The first-order chi connectivity index (χ1) is 29.3. The number of amides is 6. The summed E-state index contributed by atoms with van der Waals surface area (Å²) in [5.74, 6) is -8.61. The van der Waals surface area contributed by atoms with Crippen LogP contribution in [-0.4, -0.2) is 106 Å². The molecular weight excluding hydrogens is 833 g/mol. The van der Waals surface area contributed by atoms with Gasteiger partial charge < -0.3 is 46.9 Å². The molecule has 0 radical (unpaired) electrons. The molecule has 352 valence electrons. The van der Waals surface area contributed by atoms with Gasteiger partial charge in [-0.3, -0.25) is 38.4 Å². The maximum absolute atomic E-state index is 14.3. The summed E-state index contributed by atoms with van der Waals surface area (Å²) in [6.45, 7) is 9.85. The van der Waals surface area contributed by atoms with Gasteiger partial charge in [-0.25, -0.2) is 0 Å². The molecule has 0 aliphatic heterocycles. The van der Waals surface area contributed by atoms with Crippen molar-refractivity contribution < 1.29 is 66.5 Å². The molecule has 20 heteroatoms. The number of alkyl halides is 3. The van der Waals surface area contributed by atoms with E-state index in [1.807, 2.05) is 5.32 Å². The first-order valence-electron chi connectivity index (χ1n) is 21.1. The molecule has 6 amide bonds. The number of halogens is 3. The van der Waals surface area contributed by atoms with Crippen molar-refractivity contribution in [2.75, 3.05) is 0 Å². The molecule has 0 aromatic heterocycles. The number of carboxylic acids is 2. The van der Waals surface area contributed by atoms with Gasteiger partial charge in [0.2, 0.25) is 35.4 Å². The number of aryl methyl sites for hydroxylation is 1. The molecule has 1 saturated carbocycles. The van der Waals surface area contributed by atoms with E-state index in [4.69, 9.17) is 0 Å². The van der Waals surface area contributed by atoms with Crippen LogP contribution in [-0.2, 0) is 49.6 Å². The molecule has 1 aliphatic rings. The summed E-state index contributed by atoms with van der Waals surface area (Å²) in [5.41, 5.74) is 0.170. The molecule has 1 aromatic rings. The summed E-state index contributed by atoms with van der Waals surface area (Å²) in [7, 11) is 0. The predicted octanol–water partition coefficient (Wildman–Crippen LogP) is 3.00. The highest BCUT2D eigenvalue weighted by Crippen LogP contribution is 2.26. The summed E-state index contributed by atoms with van der Waals surface area (Å²) in [6, 6.07) is -2.78. The van der Waals surface area contributed by atoms with Crippen LogP contribution >= 0.6 is 0 Å². The second-order valence-corrected chi connectivity index (χ2v) is 17.7. The van der Waals surface area contributed by atoms with Crippen molar-refractivity contribution in [2.24, 2.45) is 17.3 Å². The maximum atomic E-state index is 14.3. The zero-order chi connectivity index (χ0) is 47.7. The van der Waals surface area contributed by atoms with E-state index in [2.05, 4.69) is 26.6 Å². The maximum Gasteiger partial charge on any atom is 0.391 e. The van der Waals surface area contributed by atoms with E-state index in [0.29, 0.717) is 11.1 Å². The summed E-state index contributed by atoms with van der Waals surface area (Å²) >= 11 is 0. The third kappa shape index (κ3) is 20.0. The largest absolute Gasteiger partial charge is 0.481 e. The molecule has 63 heavy (non-hydrogen) atoms. The average molecular weight is 897 g/mol. The number of benzene rings is 1. The molecule has 1 aromatic carbocycles. The zero-order valence-corrected chi connectivity index (χ0v) is 36.7. The van der Waals surface area contributed by atoms with Crippen molar-refractivity contribution in [1.29, 1.82) is 0 Å². The first-order valence-corrected chi connectivity index (χ1v) is 21.1. The van der Waals surface area contributed by atoms with Crippen molar-refractivity contribution in [3.63, 3.8) is 0 Å². The van der Waals surface area contributed by atoms with Crippen molar-refractivity contribution >= 4 is 53.7 Å². The molecule has 6 atom stereocenters. The molecule has 2 rings (SSSR count). The highest BCUT2D eigenvalue weighted by Gasteiger charge is 2.39. The number of aliphatic carboxylic acids is 2. The molecule has 0 bridgehead atoms. The number of nitrogens with one attached hydrogen (secondary N) is 6. The highest BCUT2D eigenvalue weighted by molar-refractivity contribution is 5.97. The Balaban J connectivity index is 2.44. The number of hydrogen-bond donors (Lipinski definition) is 8. The van der Waals surface area contributed by atoms with Gasteiger partial charge in [0.1, 0.15) is 36.5 Å². The van der Waals surface area contributed by atoms with Crippen LogP contribution in [0.2, 0.25) is 0 Å². The van der Waals surface area contributed by atoms with Gasteiger partial charge in [0, 0.05) is 19.3 Å². The molecule has 0 saturated heterocycles. The number of carbonyl (C=O) groups excluding carboxylic acids is 7. The van der Waals surface area contributed by atoms with E-state index in [0.717, 1.165) is 32.1 Å². The van der Waals surface area contributed by atoms with Crippen LogP contribution in [0.5, 0.6) is 0 Å². The zero-order valence-electron chi connectivity index (χ0n) is 36.7. The van der Waals surface area contributed by atoms with Gasteiger partial charge in [-0.1, -0.05) is 78.1 Å². The van der Waals surface area contributed by atoms with E-state index in [1.165, 1.54) is 0 Å². The van der Waals surface area contributed by atoms with Crippen LogP contribution < -0.4 is 31.9 Å². The Morgan fingerprint density at radius 2 is 1.29 bits per heavy atom. The fourth-order valence-corrected chi connectivity index (χ4v) is 7.18. The smallest absolute Gasteiger partial charge is 0.391 e. The van der Waals surface area contributed by atoms with Crippen molar-refractivity contribution in [1.82, 2.24) is 31.9 Å².